The quantitative estimate of drug-likeness (QED) is 0.486. The van der Waals surface area contributed by atoms with E-state index in [1.54, 1.807) is 18.4 Å². The van der Waals surface area contributed by atoms with E-state index in [0.717, 1.165) is 55.8 Å². The minimum Gasteiger partial charge on any atom is -0.444 e. The van der Waals surface area contributed by atoms with Gasteiger partial charge in [-0.3, -0.25) is 4.99 Å². The minimum atomic E-state index is -0.276. The van der Waals surface area contributed by atoms with Crippen molar-refractivity contribution in [3.8, 4) is 11.5 Å². The number of hydrogen-bond acceptors (Lipinski definition) is 5. The van der Waals surface area contributed by atoms with Crippen molar-refractivity contribution < 1.29 is 8.81 Å². The molecule has 4 rings (SSSR count). The Morgan fingerprint density at radius 2 is 1.94 bits per heavy atom. The third-order valence-electron chi connectivity index (χ3n) is 5.16. The molecule has 2 aromatic heterocycles. The van der Waals surface area contributed by atoms with Crippen LogP contribution in [0, 0.1) is 5.82 Å². The third-order valence-corrected chi connectivity index (χ3v) is 5.16. The maximum Gasteiger partial charge on any atom is 0.226 e. The van der Waals surface area contributed by atoms with E-state index in [9.17, 15) is 4.39 Å². The number of halogens is 1. The Labute approximate surface area is 181 Å². The number of benzene rings is 1. The van der Waals surface area contributed by atoms with E-state index in [1.807, 2.05) is 24.4 Å². The predicted molar refractivity (Wildman–Crippen MR) is 120 cm³/mol. The molecule has 0 amide bonds. The number of oxazole rings is 1. The first-order chi connectivity index (χ1) is 15.2. The summed E-state index contributed by atoms with van der Waals surface area (Å²) in [5, 5.41) is 3.39. The summed E-state index contributed by atoms with van der Waals surface area (Å²) in [4.78, 5) is 18.3. The van der Waals surface area contributed by atoms with Crippen molar-refractivity contribution in [3.05, 3.63) is 66.4 Å². The highest BCUT2D eigenvalue weighted by Gasteiger charge is 2.20. The highest BCUT2D eigenvalue weighted by molar-refractivity contribution is 5.80. The first kappa shape index (κ1) is 20.8. The highest BCUT2D eigenvalue weighted by Crippen LogP contribution is 2.19. The average molecular weight is 423 g/mol. The SMILES string of the molecule is CCNC(=NCCc1coc(-c2ccc(F)cc2)n1)N1CCN(c2ccccn2)CC1. The fourth-order valence-corrected chi connectivity index (χ4v) is 3.54. The Morgan fingerprint density at radius 3 is 2.65 bits per heavy atom. The molecule has 0 radical (unpaired) electrons. The summed E-state index contributed by atoms with van der Waals surface area (Å²) >= 11 is 0. The van der Waals surface area contributed by atoms with Crippen LogP contribution in [0.2, 0.25) is 0 Å². The third kappa shape index (κ3) is 5.39. The molecule has 162 valence electrons. The molecule has 1 aliphatic heterocycles. The van der Waals surface area contributed by atoms with Crippen molar-refractivity contribution in [1.29, 1.82) is 0 Å². The number of nitrogens with one attached hydrogen (secondary N) is 1. The summed E-state index contributed by atoms with van der Waals surface area (Å²) in [6.07, 6.45) is 4.15. The van der Waals surface area contributed by atoms with E-state index in [4.69, 9.17) is 9.41 Å². The topological polar surface area (TPSA) is 69.8 Å². The van der Waals surface area contributed by atoms with E-state index in [0.29, 0.717) is 18.9 Å². The van der Waals surface area contributed by atoms with Gasteiger partial charge in [-0.2, -0.15) is 0 Å². The second-order valence-electron chi connectivity index (χ2n) is 7.30. The lowest BCUT2D eigenvalue weighted by atomic mass is 10.2. The smallest absolute Gasteiger partial charge is 0.226 e. The average Bonchev–Trinajstić information content (AvgIpc) is 3.29. The van der Waals surface area contributed by atoms with Crippen LogP contribution in [0.1, 0.15) is 12.6 Å². The van der Waals surface area contributed by atoms with Crippen LogP contribution in [0.4, 0.5) is 10.2 Å². The molecule has 0 atom stereocenters. The maximum atomic E-state index is 13.1. The molecule has 31 heavy (non-hydrogen) atoms. The van der Waals surface area contributed by atoms with E-state index >= 15 is 0 Å². The van der Waals surface area contributed by atoms with Crippen LogP contribution in [-0.2, 0) is 6.42 Å². The molecule has 1 N–H and O–H groups in total. The molecule has 3 aromatic rings. The lowest BCUT2D eigenvalue weighted by molar-refractivity contribution is 0.371. The molecule has 1 aromatic carbocycles. The number of rotatable bonds is 6. The van der Waals surface area contributed by atoms with Gasteiger partial charge >= 0.3 is 0 Å². The number of anilines is 1. The largest absolute Gasteiger partial charge is 0.444 e. The monoisotopic (exact) mass is 422 g/mol. The summed E-state index contributed by atoms with van der Waals surface area (Å²) in [5.41, 5.74) is 1.59. The number of pyridine rings is 1. The first-order valence-corrected chi connectivity index (χ1v) is 10.6. The Kier molecular flexibility index (Phi) is 6.76. The van der Waals surface area contributed by atoms with Crippen LogP contribution >= 0.6 is 0 Å². The second kappa shape index (κ2) is 10.1. The number of aromatic nitrogens is 2. The summed E-state index contributed by atoms with van der Waals surface area (Å²) < 4.78 is 18.6. The minimum absolute atomic E-state index is 0.276. The molecule has 1 saturated heterocycles. The van der Waals surface area contributed by atoms with Gasteiger partial charge < -0.3 is 19.5 Å². The number of guanidine groups is 1. The van der Waals surface area contributed by atoms with Crippen LogP contribution in [-0.4, -0.2) is 60.1 Å². The molecule has 0 bridgehead atoms. The first-order valence-electron chi connectivity index (χ1n) is 10.6. The molecular formula is C23H27FN6O. The van der Waals surface area contributed by atoms with E-state index < -0.39 is 0 Å². The molecule has 3 heterocycles. The Bertz CT molecular complexity index is 981. The maximum absolute atomic E-state index is 13.1. The van der Waals surface area contributed by atoms with Gasteiger partial charge in [0.05, 0.1) is 5.69 Å². The van der Waals surface area contributed by atoms with Crippen molar-refractivity contribution in [2.75, 3.05) is 44.2 Å². The molecule has 0 saturated carbocycles. The van der Waals surface area contributed by atoms with Crippen LogP contribution in [0.5, 0.6) is 0 Å². The lowest BCUT2D eigenvalue weighted by Gasteiger charge is -2.37. The van der Waals surface area contributed by atoms with Crippen LogP contribution in [0.15, 0.2) is 64.3 Å². The molecular weight excluding hydrogens is 395 g/mol. The molecule has 8 heteroatoms. The van der Waals surface area contributed by atoms with Crippen LogP contribution in [0.3, 0.4) is 0 Å². The van der Waals surface area contributed by atoms with Crippen molar-refractivity contribution in [3.63, 3.8) is 0 Å². The Morgan fingerprint density at radius 1 is 1.13 bits per heavy atom. The normalized spacial score (nSPS) is 14.7. The van der Waals surface area contributed by atoms with E-state index in [2.05, 4.69) is 32.0 Å². The number of nitrogens with zero attached hydrogens (tertiary/aromatic N) is 5. The second-order valence-corrected chi connectivity index (χ2v) is 7.30. The van der Waals surface area contributed by atoms with Gasteiger partial charge in [-0.1, -0.05) is 6.07 Å². The van der Waals surface area contributed by atoms with Crippen molar-refractivity contribution >= 4 is 11.8 Å². The van der Waals surface area contributed by atoms with E-state index in [-0.39, 0.29) is 5.82 Å². The van der Waals surface area contributed by atoms with Gasteiger partial charge in [0.1, 0.15) is 17.9 Å². The standard InChI is InChI=1S/C23H27FN6O/c1-2-25-23(30-15-13-29(14-16-30)21-5-3-4-11-26-21)27-12-10-20-17-31-22(28-20)18-6-8-19(24)9-7-18/h3-9,11,17H,2,10,12-16H2,1H3,(H,25,27). The van der Waals surface area contributed by atoms with Crippen molar-refractivity contribution in [2.45, 2.75) is 13.3 Å². The van der Waals surface area contributed by atoms with Gasteiger partial charge in [-0.05, 0) is 43.3 Å². The van der Waals surface area contributed by atoms with Gasteiger partial charge in [-0.15, -0.1) is 0 Å². The number of aliphatic imine (C=N–C) groups is 1. The molecule has 0 aliphatic carbocycles. The van der Waals surface area contributed by atoms with Crippen molar-refractivity contribution in [2.24, 2.45) is 4.99 Å². The Hall–Kier alpha value is -3.42. The zero-order valence-corrected chi connectivity index (χ0v) is 17.7. The lowest BCUT2D eigenvalue weighted by Crippen LogP contribution is -2.52. The van der Waals surface area contributed by atoms with E-state index in [1.165, 1.54) is 12.1 Å². The van der Waals surface area contributed by atoms with Crippen LogP contribution < -0.4 is 10.2 Å². The summed E-state index contributed by atoms with van der Waals surface area (Å²) in [6, 6.07) is 12.1. The molecule has 7 nitrogen and oxygen atoms in total. The van der Waals surface area contributed by atoms with Gasteiger partial charge in [0.15, 0.2) is 5.96 Å². The molecule has 1 aliphatic rings. The van der Waals surface area contributed by atoms with Gasteiger partial charge in [0.2, 0.25) is 5.89 Å². The fraction of sp³-hybridized carbons (Fsp3) is 0.348. The predicted octanol–water partition coefficient (Wildman–Crippen LogP) is 3.21. The summed E-state index contributed by atoms with van der Waals surface area (Å²) in [5.74, 6) is 2.16. The highest BCUT2D eigenvalue weighted by atomic mass is 19.1. The molecule has 0 unspecified atom stereocenters. The van der Waals surface area contributed by atoms with Crippen LogP contribution in [0.25, 0.3) is 11.5 Å². The van der Waals surface area contributed by atoms with Gasteiger partial charge in [0.25, 0.3) is 0 Å². The summed E-state index contributed by atoms with van der Waals surface area (Å²) in [6.45, 7) is 7.10. The zero-order valence-electron chi connectivity index (χ0n) is 17.7. The molecule has 1 fully saturated rings. The fourth-order valence-electron chi connectivity index (χ4n) is 3.54. The molecule has 0 spiro atoms. The zero-order chi connectivity index (χ0) is 21.5. The number of hydrogen-bond donors (Lipinski definition) is 1. The summed E-state index contributed by atoms with van der Waals surface area (Å²) in [7, 11) is 0. The van der Waals surface area contributed by atoms with Crippen molar-refractivity contribution in [1.82, 2.24) is 20.2 Å². The van der Waals surface area contributed by atoms with Gasteiger partial charge in [-0.25, -0.2) is 14.4 Å². The van der Waals surface area contributed by atoms with Gasteiger partial charge in [0, 0.05) is 57.4 Å². The Balaban J connectivity index is 1.33. The number of piperazine rings is 1.